The van der Waals surface area contributed by atoms with Gasteiger partial charge >= 0.3 is 0 Å². The Morgan fingerprint density at radius 2 is 1.62 bits per heavy atom. The predicted octanol–water partition coefficient (Wildman–Crippen LogP) is 4.87. The van der Waals surface area contributed by atoms with Crippen LogP contribution in [0.15, 0.2) is 66.7 Å². The average molecular weight is 389 g/mol. The summed E-state index contributed by atoms with van der Waals surface area (Å²) >= 11 is 0. The van der Waals surface area contributed by atoms with E-state index in [2.05, 4.69) is 16.9 Å². The van der Waals surface area contributed by atoms with E-state index in [0.717, 1.165) is 36.3 Å². The molecular weight excluding hydrogens is 360 g/mol. The largest absolute Gasteiger partial charge is 0.344 e. The van der Waals surface area contributed by atoms with Crippen LogP contribution in [0.4, 0.5) is 11.6 Å². The van der Waals surface area contributed by atoms with Crippen molar-refractivity contribution in [1.29, 1.82) is 0 Å². The van der Waals surface area contributed by atoms with Crippen LogP contribution in [0.25, 0.3) is 0 Å². The van der Waals surface area contributed by atoms with Gasteiger partial charge in [0.25, 0.3) is 5.91 Å². The van der Waals surface area contributed by atoms with Crippen LogP contribution in [0.3, 0.4) is 0 Å². The lowest BCUT2D eigenvalue weighted by atomic mass is 10.1. The number of aryl methyl sites for hydroxylation is 1. The number of anilines is 2. The minimum Gasteiger partial charge on any atom is -0.344 e. The van der Waals surface area contributed by atoms with Gasteiger partial charge in [0.2, 0.25) is 5.95 Å². The Labute approximate surface area is 173 Å². The second-order valence-electron chi connectivity index (χ2n) is 7.18. The molecule has 2 aromatic carbocycles. The molecule has 1 aromatic heterocycles. The molecule has 0 aliphatic carbocycles. The van der Waals surface area contributed by atoms with Crippen LogP contribution in [-0.4, -0.2) is 29.5 Å². The zero-order chi connectivity index (χ0) is 20.6. The van der Waals surface area contributed by atoms with Crippen LogP contribution in [0.2, 0.25) is 0 Å². The summed E-state index contributed by atoms with van der Waals surface area (Å²) in [6, 6.07) is 21.5. The van der Waals surface area contributed by atoms with E-state index in [1.54, 1.807) is 11.0 Å². The maximum Gasteiger partial charge on any atom is 0.277 e. The molecule has 0 radical (unpaired) electrons. The highest BCUT2D eigenvalue weighted by Gasteiger charge is 2.21. The third-order valence-electron chi connectivity index (χ3n) is 4.75. The molecule has 0 N–H and O–H groups in total. The Kier molecular flexibility index (Phi) is 6.95. The number of nitrogens with zero attached hydrogens (tertiary/aromatic N) is 4. The third kappa shape index (κ3) is 5.41. The van der Waals surface area contributed by atoms with E-state index in [4.69, 9.17) is 0 Å². The molecule has 0 spiro atoms. The van der Waals surface area contributed by atoms with Crippen molar-refractivity contribution in [1.82, 2.24) is 9.97 Å². The van der Waals surface area contributed by atoms with Gasteiger partial charge in [0.15, 0.2) is 0 Å². The lowest BCUT2D eigenvalue weighted by Gasteiger charge is -2.24. The van der Waals surface area contributed by atoms with E-state index < -0.39 is 0 Å². The van der Waals surface area contributed by atoms with Gasteiger partial charge in [0, 0.05) is 25.0 Å². The molecule has 3 aromatic rings. The number of para-hydroxylation sites is 1. The molecule has 0 aliphatic heterocycles. The van der Waals surface area contributed by atoms with Crippen LogP contribution in [0, 0.1) is 6.92 Å². The highest BCUT2D eigenvalue weighted by atomic mass is 16.2. The molecule has 0 fully saturated rings. The van der Waals surface area contributed by atoms with Gasteiger partial charge in [-0.3, -0.25) is 4.79 Å². The van der Waals surface area contributed by atoms with Crippen molar-refractivity contribution in [2.45, 2.75) is 33.2 Å². The molecule has 1 heterocycles. The number of rotatable bonds is 8. The number of carbonyl (C=O) groups is 1. The normalized spacial score (nSPS) is 10.6. The molecule has 0 saturated heterocycles. The summed E-state index contributed by atoms with van der Waals surface area (Å²) in [4.78, 5) is 26.4. The summed E-state index contributed by atoms with van der Waals surface area (Å²) in [5.41, 5.74) is 3.11. The number of unbranched alkanes of at least 4 members (excludes halogenated alkanes) is 1. The van der Waals surface area contributed by atoms with Crippen LogP contribution in [-0.2, 0) is 6.54 Å². The fourth-order valence-corrected chi connectivity index (χ4v) is 3.12. The minimum absolute atomic E-state index is 0.129. The lowest BCUT2D eigenvalue weighted by Crippen LogP contribution is -2.32. The monoisotopic (exact) mass is 388 g/mol. The average Bonchev–Trinajstić information content (AvgIpc) is 2.76. The summed E-state index contributed by atoms with van der Waals surface area (Å²) in [6.45, 7) is 5.40. The zero-order valence-electron chi connectivity index (χ0n) is 17.4. The molecular formula is C24H28N4O. The van der Waals surface area contributed by atoms with E-state index in [9.17, 15) is 4.79 Å². The first-order chi connectivity index (χ1) is 14.1. The van der Waals surface area contributed by atoms with Crippen molar-refractivity contribution >= 4 is 17.5 Å². The van der Waals surface area contributed by atoms with Gasteiger partial charge in [-0.25, -0.2) is 9.97 Å². The van der Waals surface area contributed by atoms with E-state index in [0.29, 0.717) is 18.2 Å². The third-order valence-corrected chi connectivity index (χ3v) is 4.75. The van der Waals surface area contributed by atoms with Crippen molar-refractivity contribution in [3.05, 3.63) is 83.7 Å². The Bertz CT molecular complexity index is 928. The van der Waals surface area contributed by atoms with Crippen molar-refractivity contribution in [3.63, 3.8) is 0 Å². The van der Waals surface area contributed by atoms with Gasteiger partial charge in [0.1, 0.15) is 5.69 Å². The lowest BCUT2D eigenvalue weighted by molar-refractivity contribution is 0.0980. The zero-order valence-corrected chi connectivity index (χ0v) is 17.4. The van der Waals surface area contributed by atoms with E-state index in [-0.39, 0.29) is 5.91 Å². The van der Waals surface area contributed by atoms with Crippen LogP contribution < -0.4 is 9.80 Å². The summed E-state index contributed by atoms with van der Waals surface area (Å²) in [6.07, 6.45) is 2.15. The Morgan fingerprint density at radius 1 is 0.966 bits per heavy atom. The first-order valence-corrected chi connectivity index (χ1v) is 10.1. The SMILES string of the molecule is CCCCN(C)c1nc(C)cc(C(=O)N(Cc2ccccc2)c2ccccc2)n1. The molecule has 0 bridgehead atoms. The number of hydrogen-bond acceptors (Lipinski definition) is 4. The van der Waals surface area contributed by atoms with E-state index >= 15 is 0 Å². The second kappa shape index (κ2) is 9.82. The van der Waals surface area contributed by atoms with Gasteiger partial charge in [-0.2, -0.15) is 0 Å². The van der Waals surface area contributed by atoms with Gasteiger partial charge in [0.05, 0.1) is 6.54 Å². The molecule has 29 heavy (non-hydrogen) atoms. The molecule has 0 aliphatic rings. The summed E-state index contributed by atoms with van der Waals surface area (Å²) < 4.78 is 0. The van der Waals surface area contributed by atoms with Gasteiger partial charge < -0.3 is 9.80 Å². The molecule has 150 valence electrons. The maximum atomic E-state index is 13.5. The Balaban J connectivity index is 1.94. The smallest absolute Gasteiger partial charge is 0.277 e. The maximum absolute atomic E-state index is 13.5. The molecule has 1 amide bonds. The van der Waals surface area contributed by atoms with E-state index in [1.165, 1.54) is 0 Å². The highest BCUT2D eigenvalue weighted by molar-refractivity contribution is 6.04. The molecule has 0 unspecified atom stereocenters. The number of aromatic nitrogens is 2. The Hall–Kier alpha value is -3.21. The Morgan fingerprint density at radius 3 is 2.28 bits per heavy atom. The predicted molar refractivity (Wildman–Crippen MR) is 118 cm³/mol. The van der Waals surface area contributed by atoms with Crippen LogP contribution in [0.1, 0.15) is 41.5 Å². The number of carbonyl (C=O) groups excluding carboxylic acids is 1. The minimum atomic E-state index is -0.129. The highest BCUT2D eigenvalue weighted by Crippen LogP contribution is 2.21. The molecule has 0 saturated carbocycles. The topological polar surface area (TPSA) is 49.3 Å². The summed E-state index contributed by atoms with van der Waals surface area (Å²) in [5.74, 6) is 0.463. The second-order valence-corrected chi connectivity index (χ2v) is 7.18. The number of amides is 1. The quantitative estimate of drug-likeness (QED) is 0.552. The fourth-order valence-electron chi connectivity index (χ4n) is 3.12. The number of benzene rings is 2. The van der Waals surface area contributed by atoms with Gasteiger partial charge in [-0.05, 0) is 37.1 Å². The van der Waals surface area contributed by atoms with Crippen molar-refractivity contribution < 1.29 is 4.79 Å². The summed E-state index contributed by atoms with van der Waals surface area (Å²) in [7, 11) is 1.97. The van der Waals surface area contributed by atoms with Crippen LogP contribution >= 0.6 is 0 Å². The molecule has 0 atom stereocenters. The standard InChI is InChI=1S/C24H28N4O/c1-4-5-16-27(3)24-25-19(2)17-22(26-24)23(29)28(21-14-10-7-11-15-21)18-20-12-8-6-9-13-20/h6-15,17H,4-5,16,18H2,1-3H3. The first-order valence-electron chi connectivity index (χ1n) is 10.1. The van der Waals surface area contributed by atoms with Gasteiger partial charge in [-0.15, -0.1) is 0 Å². The molecule has 5 nitrogen and oxygen atoms in total. The number of hydrogen-bond donors (Lipinski definition) is 0. The van der Waals surface area contributed by atoms with Crippen LogP contribution in [0.5, 0.6) is 0 Å². The van der Waals surface area contributed by atoms with E-state index in [1.807, 2.05) is 79.5 Å². The van der Waals surface area contributed by atoms with Crippen molar-refractivity contribution in [2.24, 2.45) is 0 Å². The fraction of sp³-hybridized carbons (Fsp3) is 0.292. The molecule has 5 heteroatoms. The van der Waals surface area contributed by atoms with Crippen molar-refractivity contribution in [2.75, 3.05) is 23.4 Å². The molecule has 3 rings (SSSR count). The van der Waals surface area contributed by atoms with Crippen molar-refractivity contribution in [3.8, 4) is 0 Å². The summed E-state index contributed by atoms with van der Waals surface area (Å²) in [5, 5.41) is 0. The van der Waals surface area contributed by atoms with Gasteiger partial charge in [-0.1, -0.05) is 61.9 Å². The first kappa shape index (κ1) is 20.5.